The van der Waals surface area contributed by atoms with Gasteiger partial charge in [-0.3, -0.25) is 9.59 Å². The van der Waals surface area contributed by atoms with Crippen molar-refractivity contribution in [3.05, 3.63) is 45.7 Å². The molecule has 0 unspecified atom stereocenters. The van der Waals surface area contributed by atoms with Crippen LogP contribution in [0.2, 0.25) is 0 Å². The number of carbonyl (C=O) groups excluding carboxylic acids is 2. The van der Waals surface area contributed by atoms with Gasteiger partial charge in [-0.25, -0.2) is 0 Å². The summed E-state index contributed by atoms with van der Waals surface area (Å²) >= 11 is 1.01. The summed E-state index contributed by atoms with van der Waals surface area (Å²) in [5.74, 6) is -0.917. The molecule has 7 nitrogen and oxygen atoms in total. The molecule has 2 heterocycles. The zero-order valence-corrected chi connectivity index (χ0v) is 14.6. The van der Waals surface area contributed by atoms with Gasteiger partial charge in [0.15, 0.2) is 0 Å². The Morgan fingerprint density at radius 2 is 2.08 bits per heavy atom. The standard InChI is InChI=1S/C17H14N4O3S/c1-10-13(8-19)16(25-14(10)17(23)21(2)3)20-15(22)12(7-18)6-11-4-5-24-9-11/h4-6,9H,1-3H3,(H,20,22). The van der Waals surface area contributed by atoms with E-state index in [1.165, 1.54) is 23.5 Å². The van der Waals surface area contributed by atoms with Crippen LogP contribution < -0.4 is 5.32 Å². The maximum absolute atomic E-state index is 12.3. The molecule has 0 atom stereocenters. The molecule has 0 aliphatic rings. The van der Waals surface area contributed by atoms with Crippen molar-refractivity contribution >= 4 is 34.2 Å². The molecule has 0 bridgehead atoms. The van der Waals surface area contributed by atoms with Crippen LogP contribution in [0.4, 0.5) is 5.00 Å². The van der Waals surface area contributed by atoms with Crippen molar-refractivity contribution in [1.82, 2.24) is 4.90 Å². The summed E-state index contributed by atoms with van der Waals surface area (Å²) in [6, 6.07) is 5.41. The molecule has 2 aromatic rings. The number of rotatable bonds is 4. The largest absolute Gasteiger partial charge is 0.472 e. The summed E-state index contributed by atoms with van der Waals surface area (Å²) < 4.78 is 4.89. The fraction of sp³-hybridized carbons (Fsp3) is 0.176. The minimum atomic E-state index is -0.662. The van der Waals surface area contributed by atoms with Gasteiger partial charge in [0.05, 0.1) is 23.0 Å². The number of thiophene rings is 1. The van der Waals surface area contributed by atoms with E-state index in [4.69, 9.17) is 4.42 Å². The Morgan fingerprint density at radius 3 is 2.60 bits per heavy atom. The van der Waals surface area contributed by atoms with Gasteiger partial charge in [-0.2, -0.15) is 10.5 Å². The fourth-order valence-electron chi connectivity index (χ4n) is 1.99. The Labute approximate surface area is 148 Å². The Hall–Kier alpha value is -3.36. The predicted octanol–water partition coefficient (Wildman–Crippen LogP) is 2.77. The van der Waals surface area contributed by atoms with Gasteiger partial charge in [0.2, 0.25) is 0 Å². The molecule has 25 heavy (non-hydrogen) atoms. The summed E-state index contributed by atoms with van der Waals surface area (Å²) in [5, 5.41) is 21.3. The summed E-state index contributed by atoms with van der Waals surface area (Å²) in [5.41, 5.74) is 1.14. The Morgan fingerprint density at radius 1 is 1.36 bits per heavy atom. The normalized spacial score (nSPS) is 10.7. The SMILES string of the molecule is Cc1c(C(=O)N(C)C)sc(NC(=O)C(C#N)=Cc2ccoc2)c1C#N. The monoisotopic (exact) mass is 354 g/mol. The van der Waals surface area contributed by atoms with Crippen LogP contribution >= 0.6 is 11.3 Å². The molecule has 2 amide bonds. The van der Waals surface area contributed by atoms with E-state index in [0.717, 1.165) is 11.3 Å². The molecule has 0 fully saturated rings. The highest BCUT2D eigenvalue weighted by Gasteiger charge is 2.23. The molecule has 2 rings (SSSR count). The third-order valence-electron chi connectivity index (χ3n) is 3.31. The van der Waals surface area contributed by atoms with Crippen molar-refractivity contribution in [2.75, 3.05) is 19.4 Å². The van der Waals surface area contributed by atoms with Gasteiger partial charge in [0.25, 0.3) is 11.8 Å². The van der Waals surface area contributed by atoms with Crippen molar-refractivity contribution in [3.8, 4) is 12.1 Å². The van der Waals surface area contributed by atoms with Crippen LogP contribution in [0.25, 0.3) is 6.08 Å². The summed E-state index contributed by atoms with van der Waals surface area (Å²) in [4.78, 5) is 26.3. The van der Waals surface area contributed by atoms with E-state index < -0.39 is 5.91 Å². The lowest BCUT2D eigenvalue weighted by molar-refractivity contribution is -0.112. The number of hydrogen-bond donors (Lipinski definition) is 1. The zero-order chi connectivity index (χ0) is 18.6. The van der Waals surface area contributed by atoms with E-state index in [0.29, 0.717) is 16.0 Å². The van der Waals surface area contributed by atoms with Crippen LogP contribution in [-0.4, -0.2) is 30.8 Å². The van der Waals surface area contributed by atoms with Gasteiger partial charge in [0, 0.05) is 19.7 Å². The molecular weight excluding hydrogens is 340 g/mol. The maximum atomic E-state index is 12.3. The molecule has 0 saturated carbocycles. The lowest BCUT2D eigenvalue weighted by Crippen LogP contribution is -2.21. The van der Waals surface area contributed by atoms with E-state index in [2.05, 4.69) is 5.32 Å². The highest BCUT2D eigenvalue weighted by molar-refractivity contribution is 7.18. The van der Waals surface area contributed by atoms with Crippen LogP contribution in [0.1, 0.15) is 26.4 Å². The fourth-order valence-corrected chi connectivity index (χ4v) is 3.16. The van der Waals surface area contributed by atoms with Crippen molar-refractivity contribution in [2.45, 2.75) is 6.92 Å². The van der Waals surface area contributed by atoms with Crippen molar-refractivity contribution in [2.24, 2.45) is 0 Å². The molecule has 0 saturated heterocycles. The number of carbonyl (C=O) groups is 2. The van der Waals surface area contributed by atoms with Crippen LogP contribution in [0.15, 0.2) is 28.6 Å². The lowest BCUT2D eigenvalue weighted by Gasteiger charge is -2.08. The number of amides is 2. The Bertz CT molecular complexity index is 924. The van der Waals surface area contributed by atoms with Gasteiger partial charge < -0.3 is 14.6 Å². The lowest BCUT2D eigenvalue weighted by atomic mass is 10.1. The summed E-state index contributed by atoms with van der Waals surface area (Å²) in [7, 11) is 3.21. The topological polar surface area (TPSA) is 110 Å². The minimum Gasteiger partial charge on any atom is -0.472 e. The first-order chi connectivity index (χ1) is 11.9. The van der Waals surface area contributed by atoms with Crippen molar-refractivity contribution < 1.29 is 14.0 Å². The second-order valence-electron chi connectivity index (χ2n) is 5.25. The summed E-state index contributed by atoms with van der Waals surface area (Å²) in [6.45, 7) is 1.65. The van der Waals surface area contributed by atoms with Crippen molar-refractivity contribution in [1.29, 1.82) is 10.5 Å². The molecule has 0 spiro atoms. The zero-order valence-electron chi connectivity index (χ0n) is 13.8. The van der Waals surface area contributed by atoms with E-state index in [-0.39, 0.29) is 22.0 Å². The van der Waals surface area contributed by atoms with E-state index >= 15 is 0 Å². The average Bonchev–Trinajstić information content (AvgIpc) is 3.19. The van der Waals surface area contributed by atoms with Gasteiger partial charge in [-0.1, -0.05) is 0 Å². The van der Waals surface area contributed by atoms with Crippen LogP contribution in [-0.2, 0) is 4.79 Å². The van der Waals surface area contributed by atoms with Gasteiger partial charge in [-0.15, -0.1) is 11.3 Å². The number of hydrogen-bond acceptors (Lipinski definition) is 6. The quantitative estimate of drug-likeness (QED) is 0.670. The number of anilines is 1. The molecule has 2 aromatic heterocycles. The van der Waals surface area contributed by atoms with Crippen LogP contribution in [0, 0.1) is 29.6 Å². The molecule has 0 aromatic carbocycles. The summed E-state index contributed by atoms with van der Waals surface area (Å²) in [6.07, 6.45) is 4.19. The first-order valence-electron chi connectivity index (χ1n) is 7.09. The van der Waals surface area contributed by atoms with Gasteiger partial charge >= 0.3 is 0 Å². The second-order valence-corrected chi connectivity index (χ2v) is 6.27. The second kappa shape index (κ2) is 7.47. The molecule has 8 heteroatoms. The Kier molecular flexibility index (Phi) is 5.38. The van der Waals surface area contributed by atoms with Gasteiger partial charge in [-0.05, 0) is 24.6 Å². The average molecular weight is 354 g/mol. The Balaban J connectivity index is 2.35. The van der Waals surface area contributed by atoms with E-state index in [1.807, 2.05) is 12.1 Å². The first-order valence-corrected chi connectivity index (χ1v) is 7.91. The minimum absolute atomic E-state index is 0.142. The smallest absolute Gasteiger partial charge is 0.266 e. The highest BCUT2D eigenvalue weighted by Crippen LogP contribution is 2.33. The molecule has 1 N–H and O–H groups in total. The van der Waals surface area contributed by atoms with Crippen molar-refractivity contribution in [3.63, 3.8) is 0 Å². The number of nitrogens with zero attached hydrogens (tertiary/aromatic N) is 3. The van der Waals surface area contributed by atoms with Crippen LogP contribution in [0.3, 0.4) is 0 Å². The third-order valence-corrected chi connectivity index (χ3v) is 4.50. The maximum Gasteiger partial charge on any atom is 0.266 e. The van der Waals surface area contributed by atoms with E-state index in [1.54, 1.807) is 27.1 Å². The number of nitrogens with one attached hydrogen (secondary N) is 1. The van der Waals surface area contributed by atoms with Gasteiger partial charge in [0.1, 0.15) is 22.7 Å². The number of nitriles is 2. The molecule has 0 radical (unpaired) electrons. The van der Waals surface area contributed by atoms with E-state index in [9.17, 15) is 20.1 Å². The highest BCUT2D eigenvalue weighted by atomic mass is 32.1. The molecular formula is C17H14N4O3S. The third kappa shape index (κ3) is 3.77. The predicted molar refractivity (Wildman–Crippen MR) is 92.7 cm³/mol. The molecule has 126 valence electrons. The molecule has 0 aliphatic carbocycles. The first kappa shape index (κ1) is 18.0. The number of furan rings is 1. The molecule has 0 aliphatic heterocycles. The van der Waals surface area contributed by atoms with Crippen LogP contribution in [0.5, 0.6) is 0 Å².